The van der Waals surface area contributed by atoms with Crippen LogP contribution in [0.25, 0.3) is 0 Å². The van der Waals surface area contributed by atoms with Crippen LogP contribution in [-0.2, 0) is 4.79 Å². The number of hydrogen-bond donors (Lipinski definition) is 3. The Bertz CT molecular complexity index is 796. The van der Waals surface area contributed by atoms with Gasteiger partial charge < -0.3 is 20.7 Å². The largest absolute Gasteiger partial charge is 0.489 e. The first kappa shape index (κ1) is 24.7. The van der Waals surface area contributed by atoms with Crippen molar-refractivity contribution in [1.82, 2.24) is 15.6 Å². The summed E-state index contributed by atoms with van der Waals surface area (Å²) in [6.45, 7) is 7.02. The smallest absolute Gasteiger partial charge is 0.227 e. The minimum atomic E-state index is -0.101. The summed E-state index contributed by atoms with van der Waals surface area (Å²) in [5, 5.41) is 9.11. The summed E-state index contributed by atoms with van der Waals surface area (Å²) >= 11 is 0. The molecule has 3 N–H and O–H groups in total. The molecular weight excluding hydrogens is 481 g/mol. The Balaban J connectivity index is 0.00000420. The van der Waals surface area contributed by atoms with Gasteiger partial charge in [0.15, 0.2) is 5.96 Å². The molecule has 29 heavy (non-hydrogen) atoms. The van der Waals surface area contributed by atoms with Crippen LogP contribution >= 0.6 is 24.0 Å². The topological polar surface area (TPSA) is 87.6 Å². The summed E-state index contributed by atoms with van der Waals surface area (Å²) in [4.78, 5) is 20.3. The molecule has 0 saturated carbocycles. The summed E-state index contributed by atoms with van der Waals surface area (Å²) in [6, 6.07) is 11.6. The molecule has 1 heterocycles. The van der Waals surface area contributed by atoms with E-state index in [1.54, 1.807) is 19.3 Å². The Morgan fingerprint density at radius 1 is 1.17 bits per heavy atom. The van der Waals surface area contributed by atoms with Crippen LogP contribution in [0, 0.1) is 13.8 Å². The van der Waals surface area contributed by atoms with Crippen LogP contribution in [0.15, 0.2) is 47.6 Å². The number of carbonyl (C=O) groups is 1. The van der Waals surface area contributed by atoms with Gasteiger partial charge in [0.2, 0.25) is 5.91 Å². The number of carbonyl (C=O) groups excluding carboxylic acids is 1. The molecule has 0 bridgehead atoms. The van der Waals surface area contributed by atoms with E-state index < -0.39 is 0 Å². The number of ether oxygens (including phenoxy) is 1. The number of anilines is 1. The lowest BCUT2D eigenvalue weighted by Crippen LogP contribution is -2.42. The molecule has 2 rings (SSSR count). The van der Waals surface area contributed by atoms with E-state index in [2.05, 4.69) is 25.9 Å². The van der Waals surface area contributed by atoms with Crippen molar-refractivity contribution in [3.8, 4) is 5.75 Å². The first-order chi connectivity index (χ1) is 13.5. The normalized spacial score (nSPS) is 11.8. The summed E-state index contributed by atoms with van der Waals surface area (Å²) in [7, 11) is 1.69. The van der Waals surface area contributed by atoms with Gasteiger partial charge in [-0.15, -0.1) is 24.0 Å². The van der Waals surface area contributed by atoms with E-state index in [0.29, 0.717) is 31.3 Å². The maximum absolute atomic E-state index is 12.0. The van der Waals surface area contributed by atoms with Gasteiger partial charge >= 0.3 is 0 Å². The van der Waals surface area contributed by atoms with Crippen LogP contribution in [0.5, 0.6) is 5.75 Å². The molecule has 0 spiro atoms. The second-order valence-electron chi connectivity index (χ2n) is 6.59. The van der Waals surface area contributed by atoms with Crippen molar-refractivity contribution in [1.29, 1.82) is 0 Å². The van der Waals surface area contributed by atoms with E-state index >= 15 is 0 Å². The average molecular weight is 511 g/mol. The van der Waals surface area contributed by atoms with Crippen LogP contribution in [0.4, 0.5) is 5.82 Å². The molecule has 1 unspecified atom stereocenters. The number of para-hydroxylation sites is 1. The van der Waals surface area contributed by atoms with Crippen molar-refractivity contribution in [2.24, 2.45) is 4.99 Å². The third kappa shape index (κ3) is 9.12. The third-order valence-corrected chi connectivity index (χ3v) is 4.03. The summed E-state index contributed by atoms with van der Waals surface area (Å²) < 4.78 is 5.94. The molecule has 8 heteroatoms. The van der Waals surface area contributed by atoms with Crippen LogP contribution in [0.1, 0.15) is 24.5 Å². The maximum Gasteiger partial charge on any atom is 0.227 e. The molecule has 0 saturated heterocycles. The van der Waals surface area contributed by atoms with E-state index in [1.807, 2.05) is 51.1 Å². The summed E-state index contributed by atoms with van der Waals surface area (Å²) in [5.74, 6) is 1.96. The molecule has 0 aliphatic carbocycles. The van der Waals surface area contributed by atoms with Crippen molar-refractivity contribution in [3.63, 3.8) is 0 Å². The number of nitrogens with zero attached hydrogens (tertiary/aromatic N) is 2. The monoisotopic (exact) mass is 511 g/mol. The Kier molecular flexibility index (Phi) is 11.0. The van der Waals surface area contributed by atoms with Gasteiger partial charge in [-0.2, -0.15) is 0 Å². The number of amides is 1. The zero-order chi connectivity index (χ0) is 20.4. The number of rotatable bonds is 8. The van der Waals surface area contributed by atoms with E-state index in [-0.39, 0.29) is 36.0 Å². The van der Waals surface area contributed by atoms with Gasteiger partial charge in [-0.3, -0.25) is 9.79 Å². The molecule has 0 radical (unpaired) electrons. The molecule has 0 aliphatic heterocycles. The first-order valence-corrected chi connectivity index (χ1v) is 9.37. The van der Waals surface area contributed by atoms with E-state index in [1.165, 1.54) is 0 Å². The number of halogens is 1. The van der Waals surface area contributed by atoms with Crippen molar-refractivity contribution in [2.45, 2.75) is 33.3 Å². The van der Waals surface area contributed by atoms with Gasteiger partial charge in [-0.05, 0) is 44.0 Å². The van der Waals surface area contributed by atoms with Gasteiger partial charge in [0, 0.05) is 26.2 Å². The molecular formula is C21H30IN5O2. The first-order valence-electron chi connectivity index (χ1n) is 9.37. The summed E-state index contributed by atoms with van der Waals surface area (Å²) in [6.07, 6.45) is 2.00. The molecule has 1 aromatic heterocycles. The van der Waals surface area contributed by atoms with Crippen molar-refractivity contribution >= 4 is 41.7 Å². The third-order valence-electron chi connectivity index (χ3n) is 4.03. The molecule has 1 atom stereocenters. The van der Waals surface area contributed by atoms with Gasteiger partial charge in [-0.1, -0.05) is 24.3 Å². The van der Waals surface area contributed by atoms with E-state index in [0.717, 1.165) is 16.9 Å². The SMILES string of the molecule is CN=C(NCCC(=O)Nc1ccc(C)cn1)NCC(C)Oc1ccccc1C.I. The molecule has 158 valence electrons. The average Bonchev–Trinajstić information content (AvgIpc) is 2.68. The van der Waals surface area contributed by atoms with Crippen molar-refractivity contribution < 1.29 is 9.53 Å². The van der Waals surface area contributed by atoms with Crippen LogP contribution in [-0.4, -0.2) is 43.1 Å². The predicted molar refractivity (Wildman–Crippen MR) is 128 cm³/mol. The standard InChI is InChI=1S/C21H29N5O2.HI/c1-15-9-10-19(24-13-15)26-20(27)11-12-23-21(22-4)25-14-17(3)28-18-8-6-5-7-16(18)2;/h5-10,13,17H,11-12,14H2,1-4H3,(H2,22,23,25)(H,24,26,27);1H. The van der Waals surface area contributed by atoms with Crippen molar-refractivity contribution in [2.75, 3.05) is 25.5 Å². The Morgan fingerprint density at radius 3 is 2.59 bits per heavy atom. The maximum atomic E-state index is 12.0. The second kappa shape index (κ2) is 13.0. The van der Waals surface area contributed by atoms with E-state index in [4.69, 9.17) is 4.74 Å². The summed E-state index contributed by atoms with van der Waals surface area (Å²) in [5.41, 5.74) is 2.15. The lowest BCUT2D eigenvalue weighted by atomic mass is 10.2. The number of aromatic nitrogens is 1. The number of nitrogens with one attached hydrogen (secondary N) is 3. The van der Waals surface area contributed by atoms with E-state index in [9.17, 15) is 4.79 Å². The lowest BCUT2D eigenvalue weighted by molar-refractivity contribution is -0.116. The molecule has 7 nitrogen and oxygen atoms in total. The zero-order valence-electron chi connectivity index (χ0n) is 17.4. The fraction of sp³-hybridized carbons (Fsp3) is 0.381. The highest BCUT2D eigenvalue weighted by molar-refractivity contribution is 14.0. The van der Waals surface area contributed by atoms with Gasteiger partial charge in [-0.25, -0.2) is 4.98 Å². The zero-order valence-corrected chi connectivity index (χ0v) is 19.7. The highest BCUT2D eigenvalue weighted by Gasteiger charge is 2.08. The fourth-order valence-electron chi connectivity index (χ4n) is 2.45. The second-order valence-corrected chi connectivity index (χ2v) is 6.59. The number of pyridine rings is 1. The Labute approximate surface area is 189 Å². The highest BCUT2D eigenvalue weighted by atomic mass is 127. The van der Waals surface area contributed by atoms with Crippen LogP contribution in [0.2, 0.25) is 0 Å². The molecule has 0 aliphatic rings. The van der Waals surface area contributed by atoms with Gasteiger partial charge in [0.05, 0.1) is 6.54 Å². The molecule has 1 aromatic carbocycles. The number of aliphatic imine (C=N–C) groups is 1. The quantitative estimate of drug-likeness (QED) is 0.288. The molecule has 2 aromatic rings. The fourth-order valence-corrected chi connectivity index (χ4v) is 2.45. The number of guanidine groups is 1. The molecule has 0 fully saturated rings. The van der Waals surface area contributed by atoms with Crippen LogP contribution < -0.4 is 20.7 Å². The van der Waals surface area contributed by atoms with Gasteiger partial charge in [0.25, 0.3) is 0 Å². The number of benzene rings is 1. The number of aryl methyl sites for hydroxylation is 2. The molecule has 1 amide bonds. The van der Waals surface area contributed by atoms with Crippen molar-refractivity contribution in [3.05, 3.63) is 53.7 Å². The van der Waals surface area contributed by atoms with Crippen LogP contribution in [0.3, 0.4) is 0 Å². The predicted octanol–water partition coefficient (Wildman–Crippen LogP) is 3.28. The number of hydrogen-bond acceptors (Lipinski definition) is 4. The minimum Gasteiger partial charge on any atom is -0.489 e. The minimum absolute atomic E-state index is 0. The lowest BCUT2D eigenvalue weighted by Gasteiger charge is -2.18. The highest BCUT2D eigenvalue weighted by Crippen LogP contribution is 2.17. The Morgan fingerprint density at radius 2 is 1.93 bits per heavy atom. The Hall–Kier alpha value is -2.36. The van der Waals surface area contributed by atoms with Gasteiger partial charge in [0.1, 0.15) is 17.7 Å².